The van der Waals surface area contributed by atoms with Crippen molar-refractivity contribution in [1.82, 2.24) is 0 Å². The Hall–Kier alpha value is -0.550. The summed E-state index contributed by atoms with van der Waals surface area (Å²) in [6.07, 6.45) is 6.24. The third-order valence-electron chi connectivity index (χ3n) is 1.19. The highest BCUT2D eigenvalue weighted by atomic mass is 32.1. The predicted octanol–water partition coefficient (Wildman–Crippen LogP) is 1.76. The summed E-state index contributed by atoms with van der Waals surface area (Å²) in [4.78, 5) is 10.5. The first-order valence-electron chi connectivity index (χ1n) is 2.86. The number of carbonyl (C=O) groups excluding carboxylic acids is 1. The summed E-state index contributed by atoms with van der Waals surface area (Å²) >= 11 is 4.43. The monoisotopic (exact) mass is 141 g/mol. The molecule has 0 N–H and O–H groups in total. The van der Waals surface area contributed by atoms with Gasteiger partial charge in [-0.3, -0.25) is 4.79 Å². The number of carbonyl (C=O) groups is 1. The Labute approximate surface area is 61.2 Å². The van der Waals surface area contributed by atoms with Crippen molar-refractivity contribution in [3.63, 3.8) is 0 Å². The molecule has 1 atom stereocenters. The average Bonchev–Trinajstić information content (AvgIpc) is 1.82. The van der Waals surface area contributed by atoms with Crippen molar-refractivity contribution < 1.29 is 4.79 Å². The summed E-state index contributed by atoms with van der Waals surface area (Å²) < 4.78 is 0. The van der Waals surface area contributed by atoms with Crippen LogP contribution in [0.4, 0.5) is 0 Å². The van der Waals surface area contributed by atoms with Gasteiger partial charge in [-0.2, -0.15) is 0 Å². The number of hydrogen-bond acceptors (Lipinski definition) is 1. The molecule has 2 heteroatoms. The van der Waals surface area contributed by atoms with Crippen LogP contribution in [0, 0.1) is 18.3 Å². The molecule has 0 bridgehead atoms. The highest BCUT2D eigenvalue weighted by Gasteiger charge is 2.10. The maximum Gasteiger partial charge on any atom is 0.222 e. The Balaban J connectivity index is 3.71. The van der Waals surface area contributed by atoms with E-state index < -0.39 is 0 Å². The van der Waals surface area contributed by atoms with Gasteiger partial charge in [0.2, 0.25) is 5.12 Å². The van der Waals surface area contributed by atoms with Gasteiger partial charge < -0.3 is 0 Å². The van der Waals surface area contributed by atoms with Crippen molar-refractivity contribution in [1.29, 1.82) is 0 Å². The molecule has 0 spiro atoms. The number of hydrogen-bond donors (Lipinski definition) is 0. The first kappa shape index (κ1) is 8.45. The summed E-state index contributed by atoms with van der Waals surface area (Å²) in [6.45, 7) is 1.91. The van der Waals surface area contributed by atoms with Gasteiger partial charge in [0.25, 0.3) is 0 Å². The van der Waals surface area contributed by atoms with Gasteiger partial charge >= 0.3 is 0 Å². The van der Waals surface area contributed by atoms with Gasteiger partial charge in [-0.05, 0) is 19.0 Å². The van der Waals surface area contributed by atoms with Crippen LogP contribution in [0.5, 0.6) is 0 Å². The zero-order valence-electron chi connectivity index (χ0n) is 5.39. The van der Waals surface area contributed by atoms with Crippen LogP contribution >= 0.6 is 12.6 Å². The number of terminal acetylenes is 1. The highest BCUT2D eigenvalue weighted by molar-refractivity contribution is 7.96. The molecular weight excluding hydrogens is 132 g/mol. The fraction of sp³-hybridized carbons (Fsp3) is 0.571. The van der Waals surface area contributed by atoms with Crippen LogP contribution in [0.25, 0.3) is 0 Å². The zero-order valence-corrected chi connectivity index (χ0v) is 6.20. The highest BCUT2D eigenvalue weighted by Crippen LogP contribution is 2.09. The van der Waals surface area contributed by atoms with Crippen LogP contribution in [0.2, 0.25) is 0 Å². The largest absolute Gasteiger partial charge is 0.282 e. The summed E-state index contributed by atoms with van der Waals surface area (Å²) in [5.74, 6) is 2.32. The van der Waals surface area contributed by atoms with E-state index in [9.17, 15) is 4.79 Å². The van der Waals surface area contributed by atoms with Crippen LogP contribution in [0.1, 0.15) is 19.8 Å². The smallest absolute Gasteiger partial charge is 0.222 e. The van der Waals surface area contributed by atoms with Crippen LogP contribution in [0.3, 0.4) is 0 Å². The Morgan fingerprint density at radius 2 is 2.44 bits per heavy atom. The lowest BCUT2D eigenvalue weighted by Gasteiger charge is -2.02. The molecule has 0 amide bonds. The lowest BCUT2D eigenvalue weighted by Crippen LogP contribution is -2.05. The van der Waals surface area contributed by atoms with Gasteiger partial charge in [0, 0.05) is 12.3 Å². The fourth-order valence-corrected chi connectivity index (χ4v) is 0.787. The molecule has 0 aliphatic carbocycles. The number of rotatable bonds is 3. The van der Waals surface area contributed by atoms with E-state index in [1.165, 1.54) is 0 Å². The Kier molecular flexibility index (Phi) is 4.08. The molecule has 0 aromatic rings. The molecule has 1 radical (unpaired) electrons. The molecule has 49 valence electrons. The lowest BCUT2D eigenvalue weighted by atomic mass is 10.1. The van der Waals surface area contributed by atoms with E-state index in [-0.39, 0.29) is 11.0 Å². The predicted molar refractivity (Wildman–Crippen MR) is 39.8 cm³/mol. The second-order valence-electron chi connectivity index (χ2n) is 1.83. The summed E-state index contributed by atoms with van der Waals surface area (Å²) in [7, 11) is 0. The van der Waals surface area contributed by atoms with Crippen LogP contribution in [-0.4, -0.2) is 5.12 Å². The van der Waals surface area contributed by atoms with E-state index in [0.717, 1.165) is 6.42 Å². The lowest BCUT2D eigenvalue weighted by molar-refractivity contribution is -0.114. The maximum atomic E-state index is 10.5. The normalized spacial score (nSPS) is 12.0. The Morgan fingerprint density at radius 1 is 1.89 bits per heavy atom. The summed E-state index contributed by atoms with van der Waals surface area (Å²) in [5.41, 5.74) is 0. The molecule has 0 aliphatic heterocycles. The van der Waals surface area contributed by atoms with Crippen molar-refractivity contribution in [2.45, 2.75) is 19.8 Å². The van der Waals surface area contributed by atoms with Crippen LogP contribution < -0.4 is 0 Å². The molecule has 0 heterocycles. The maximum absolute atomic E-state index is 10.5. The Bertz CT molecular complexity index is 134. The standard InChI is InChI=1S/C7H9OS/c1-3-5-6(4-2)7(8)9/h1,6H,4-5H2,2H3. The van der Waals surface area contributed by atoms with Gasteiger partial charge in [-0.25, -0.2) is 0 Å². The summed E-state index contributed by atoms with van der Waals surface area (Å²) in [5, 5.41) is -0.213. The molecule has 0 saturated heterocycles. The molecule has 1 unspecified atom stereocenters. The van der Waals surface area contributed by atoms with Crippen LogP contribution in [0.15, 0.2) is 0 Å². The minimum absolute atomic E-state index is 0.0926. The molecule has 1 nitrogen and oxygen atoms in total. The van der Waals surface area contributed by atoms with Gasteiger partial charge in [0.1, 0.15) is 0 Å². The third-order valence-corrected chi connectivity index (χ3v) is 1.52. The average molecular weight is 141 g/mol. The second kappa shape index (κ2) is 4.34. The minimum Gasteiger partial charge on any atom is -0.282 e. The van der Waals surface area contributed by atoms with Crippen molar-refractivity contribution in [2.75, 3.05) is 0 Å². The molecule has 0 saturated carbocycles. The van der Waals surface area contributed by atoms with Gasteiger partial charge in [-0.15, -0.1) is 12.3 Å². The molecule has 0 aliphatic rings. The molecule has 9 heavy (non-hydrogen) atoms. The fourth-order valence-electron chi connectivity index (χ4n) is 0.537. The van der Waals surface area contributed by atoms with Crippen molar-refractivity contribution in [3.8, 4) is 12.3 Å². The van der Waals surface area contributed by atoms with Crippen LogP contribution in [-0.2, 0) is 4.79 Å². The first-order chi connectivity index (χ1) is 4.22. The van der Waals surface area contributed by atoms with Crippen molar-refractivity contribution >= 4 is 17.7 Å². The first-order valence-corrected chi connectivity index (χ1v) is 3.27. The van der Waals surface area contributed by atoms with E-state index in [2.05, 4.69) is 18.5 Å². The van der Waals surface area contributed by atoms with Gasteiger partial charge in [0.15, 0.2) is 0 Å². The third kappa shape index (κ3) is 3.10. The quantitative estimate of drug-likeness (QED) is 0.547. The SMILES string of the molecule is C#CCC(CC)C(=O)[S]. The van der Waals surface area contributed by atoms with E-state index in [1.807, 2.05) is 6.92 Å². The molecule has 0 aromatic carbocycles. The van der Waals surface area contributed by atoms with Gasteiger partial charge in [0.05, 0.1) is 0 Å². The van der Waals surface area contributed by atoms with E-state index in [4.69, 9.17) is 6.42 Å². The van der Waals surface area contributed by atoms with Gasteiger partial charge in [-0.1, -0.05) is 6.92 Å². The van der Waals surface area contributed by atoms with Crippen molar-refractivity contribution in [3.05, 3.63) is 0 Å². The molecular formula is C7H9OS. The zero-order chi connectivity index (χ0) is 7.28. The Morgan fingerprint density at radius 3 is 2.56 bits per heavy atom. The van der Waals surface area contributed by atoms with E-state index in [1.54, 1.807) is 0 Å². The van der Waals surface area contributed by atoms with Crippen molar-refractivity contribution in [2.24, 2.45) is 5.92 Å². The minimum atomic E-state index is -0.213. The molecule has 0 rings (SSSR count). The molecule has 0 fully saturated rings. The second-order valence-corrected chi connectivity index (χ2v) is 2.23. The van der Waals surface area contributed by atoms with E-state index in [0.29, 0.717) is 6.42 Å². The molecule has 0 aromatic heterocycles. The summed E-state index contributed by atoms with van der Waals surface area (Å²) in [6, 6.07) is 0. The topological polar surface area (TPSA) is 17.1 Å². The van der Waals surface area contributed by atoms with E-state index >= 15 is 0 Å².